The topological polar surface area (TPSA) is 61.4 Å². The van der Waals surface area contributed by atoms with Crippen LogP contribution in [0, 0.1) is 0 Å². The predicted octanol–water partition coefficient (Wildman–Crippen LogP) is 5.26. The van der Waals surface area contributed by atoms with Crippen LogP contribution in [0.15, 0.2) is 66.0 Å². The molecule has 3 amide bonds. The number of nitrogens with zero attached hydrogens (tertiary/aromatic N) is 1. The Morgan fingerprint density at radius 1 is 0.862 bits per heavy atom. The van der Waals surface area contributed by atoms with Gasteiger partial charge in [0, 0.05) is 35.8 Å². The zero-order valence-electron chi connectivity index (χ0n) is 16.1. The van der Waals surface area contributed by atoms with Gasteiger partial charge in [0.1, 0.15) is 0 Å². The van der Waals surface area contributed by atoms with Crippen molar-refractivity contribution in [1.82, 2.24) is 4.90 Å². The van der Waals surface area contributed by atoms with Gasteiger partial charge in [0.05, 0.1) is 0 Å². The number of rotatable bonds is 6. The summed E-state index contributed by atoms with van der Waals surface area (Å²) in [5, 5.41) is 7.89. The van der Waals surface area contributed by atoms with Crippen molar-refractivity contribution in [3.05, 3.63) is 82.0 Å². The monoisotopic (exact) mass is 405 g/mol. The van der Waals surface area contributed by atoms with E-state index in [2.05, 4.69) is 34.2 Å². The van der Waals surface area contributed by atoms with Crippen molar-refractivity contribution in [3.8, 4) is 0 Å². The van der Waals surface area contributed by atoms with Gasteiger partial charge < -0.3 is 15.5 Å². The molecule has 0 unspecified atom stereocenters. The van der Waals surface area contributed by atoms with Crippen LogP contribution in [0.25, 0.3) is 0 Å². The smallest absolute Gasteiger partial charge is 0.322 e. The average Bonchev–Trinajstić information content (AvgIpc) is 3.39. The maximum absolute atomic E-state index is 12.5. The van der Waals surface area contributed by atoms with Crippen LogP contribution < -0.4 is 10.6 Å². The first-order valence-electron chi connectivity index (χ1n) is 9.72. The van der Waals surface area contributed by atoms with E-state index in [0.29, 0.717) is 25.2 Å². The SMILES string of the molecule is O=C(CCCc1cccs1)Nc1ccc(NC(=O)N2Cc3ccccc3C2)cc1. The Labute approximate surface area is 174 Å². The van der Waals surface area contributed by atoms with Crippen molar-refractivity contribution in [2.24, 2.45) is 0 Å². The second-order valence-electron chi connectivity index (χ2n) is 7.11. The van der Waals surface area contributed by atoms with E-state index in [-0.39, 0.29) is 11.9 Å². The highest BCUT2D eigenvalue weighted by Crippen LogP contribution is 2.23. The van der Waals surface area contributed by atoms with Crippen LogP contribution in [0.1, 0.15) is 28.8 Å². The summed E-state index contributed by atoms with van der Waals surface area (Å²) in [7, 11) is 0. The van der Waals surface area contributed by atoms with Crippen LogP contribution in [0.3, 0.4) is 0 Å². The highest BCUT2D eigenvalue weighted by molar-refractivity contribution is 7.09. The van der Waals surface area contributed by atoms with Gasteiger partial charge >= 0.3 is 6.03 Å². The van der Waals surface area contributed by atoms with Crippen molar-refractivity contribution in [3.63, 3.8) is 0 Å². The number of aryl methyl sites for hydroxylation is 1. The molecular formula is C23H23N3O2S. The molecule has 0 aliphatic carbocycles. The number of hydrogen-bond acceptors (Lipinski definition) is 3. The van der Waals surface area contributed by atoms with E-state index in [9.17, 15) is 9.59 Å². The molecule has 2 heterocycles. The Morgan fingerprint density at radius 3 is 2.14 bits per heavy atom. The maximum atomic E-state index is 12.5. The summed E-state index contributed by atoms with van der Waals surface area (Å²) in [6, 6.07) is 19.3. The van der Waals surface area contributed by atoms with Gasteiger partial charge in [-0.05, 0) is 59.7 Å². The molecule has 0 atom stereocenters. The van der Waals surface area contributed by atoms with Gasteiger partial charge in [0.15, 0.2) is 0 Å². The summed E-state index contributed by atoms with van der Waals surface area (Å²) < 4.78 is 0. The largest absolute Gasteiger partial charge is 0.326 e. The van der Waals surface area contributed by atoms with Crippen LogP contribution in [-0.2, 0) is 24.3 Å². The molecule has 29 heavy (non-hydrogen) atoms. The molecule has 0 radical (unpaired) electrons. The van der Waals surface area contributed by atoms with Crippen molar-refractivity contribution in [2.75, 3.05) is 10.6 Å². The Morgan fingerprint density at radius 2 is 1.52 bits per heavy atom. The lowest BCUT2D eigenvalue weighted by atomic mass is 10.1. The molecule has 0 saturated carbocycles. The van der Waals surface area contributed by atoms with Gasteiger partial charge in [0.2, 0.25) is 5.91 Å². The van der Waals surface area contributed by atoms with Crippen molar-refractivity contribution < 1.29 is 9.59 Å². The highest BCUT2D eigenvalue weighted by Gasteiger charge is 2.22. The number of nitrogens with one attached hydrogen (secondary N) is 2. The maximum Gasteiger partial charge on any atom is 0.322 e. The van der Waals surface area contributed by atoms with Gasteiger partial charge in [-0.25, -0.2) is 4.79 Å². The minimum absolute atomic E-state index is 0.00757. The number of urea groups is 1. The van der Waals surface area contributed by atoms with Gasteiger partial charge in [-0.2, -0.15) is 0 Å². The number of carbonyl (C=O) groups excluding carboxylic acids is 2. The van der Waals surface area contributed by atoms with Crippen LogP contribution in [-0.4, -0.2) is 16.8 Å². The summed E-state index contributed by atoms with van der Waals surface area (Å²) >= 11 is 1.72. The molecule has 3 aromatic rings. The van der Waals surface area contributed by atoms with Crippen molar-refractivity contribution >= 4 is 34.6 Å². The number of thiophene rings is 1. The molecule has 2 aromatic carbocycles. The van der Waals surface area contributed by atoms with E-state index in [1.54, 1.807) is 16.2 Å². The molecule has 1 aliphatic rings. The van der Waals surface area contributed by atoms with Crippen molar-refractivity contribution in [1.29, 1.82) is 0 Å². The lowest BCUT2D eigenvalue weighted by Crippen LogP contribution is -2.30. The van der Waals surface area contributed by atoms with E-state index < -0.39 is 0 Å². The summed E-state index contributed by atoms with van der Waals surface area (Å²) in [6.45, 7) is 1.25. The Kier molecular flexibility index (Phi) is 5.91. The normalized spacial score (nSPS) is 12.5. The van der Waals surface area contributed by atoms with E-state index >= 15 is 0 Å². The standard InChI is InChI=1S/C23H23N3O2S/c27-22(9-3-7-21-8-4-14-29-21)24-19-10-12-20(13-11-19)25-23(28)26-15-17-5-1-2-6-18(17)16-26/h1-2,4-6,8,10-14H,3,7,9,15-16H2,(H,24,27)(H,25,28). The van der Waals surface area contributed by atoms with Gasteiger partial charge in [-0.1, -0.05) is 30.3 Å². The Bertz CT molecular complexity index is 959. The Balaban J connectivity index is 1.24. The van der Waals surface area contributed by atoms with Crippen LogP contribution in [0.2, 0.25) is 0 Å². The first-order valence-corrected chi connectivity index (χ1v) is 10.6. The molecular weight excluding hydrogens is 382 g/mol. The molecule has 0 spiro atoms. The number of hydrogen-bond donors (Lipinski definition) is 2. The van der Waals surface area contributed by atoms with E-state index in [1.165, 1.54) is 16.0 Å². The predicted molar refractivity (Wildman–Crippen MR) is 117 cm³/mol. The molecule has 148 valence electrons. The summed E-state index contributed by atoms with van der Waals surface area (Å²) in [5.74, 6) is 0.00757. The quantitative estimate of drug-likeness (QED) is 0.588. The fraction of sp³-hybridized carbons (Fsp3) is 0.217. The van der Waals surface area contributed by atoms with E-state index in [1.807, 2.05) is 42.5 Å². The van der Waals surface area contributed by atoms with Crippen LogP contribution >= 0.6 is 11.3 Å². The van der Waals surface area contributed by atoms with E-state index in [0.717, 1.165) is 18.5 Å². The number of fused-ring (bicyclic) bond motifs is 1. The highest BCUT2D eigenvalue weighted by atomic mass is 32.1. The summed E-state index contributed by atoms with van der Waals surface area (Å²) in [6.07, 6.45) is 2.25. The molecule has 1 aliphatic heterocycles. The fourth-order valence-electron chi connectivity index (χ4n) is 3.42. The lowest BCUT2D eigenvalue weighted by molar-refractivity contribution is -0.116. The molecule has 5 nitrogen and oxygen atoms in total. The minimum Gasteiger partial charge on any atom is -0.326 e. The van der Waals surface area contributed by atoms with Gasteiger partial charge in [0.25, 0.3) is 0 Å². The summed E-state index contributed by atoms with van der Waals surface area (Å²) in [4.78, 5) is 27.7. The zero-order valence-corrected chi connectivity index (χ0v) is 16.9. The number of carbonyl (C=O) groups is 2. The third kappa shape index (κ3) is 5.03. The second kappa shape index (κ2) is 8.92. The van der Waals surface area contributed by atoms with Crippen LogP contribution in [0.4, 0.5) is 16.2 Å². The lowest BCUT2D eigenvalue weighted by Gasteiger charge is -2.16. The molecule has 6 heteroatoms. The third-order valence-corrected chi connectivity index (χ3v) is 5.89. The minimum atomic E-state index is -0.119. The average molecular weight is 406 g/mol. The first kappa shape index (κ1) is 19.2. The summed E-state index contributed by atoms with van der Waals surface area (Å²) in [5.41, 5.74) is 3.83. The molecule has 4 rings (SSSR count). The van der Waals surface area contributed by atoms with Crippen molar-refractivity contribution in [2.45, 2.75) is 32.4 Å². The molecule has 0 saturated heterocycles. The first-order chi connectivity index (χ1) is 14.2. The third-order valence-electron chi connectivity index (χ3n) is 4.96. The molecule has 0 fully saturated rings. The fourth-order valence-corrected chi connectivity index (χ4v) is 4.17. The van der Waals surface area contributed by atoms with E-state index in [4.69, 9.17) is 0 Å². The zero-order chi connectivity index (χ0) is 20.1. The second-order valence-corrected chi connectivity index (χ2v) is 8.15. The number of amides is 3. The Hall–Kier alpha value is -3.12. The molecule has 1 aromatic heterocycles. The van der Waals surface area contributed by atoms with Crippen LogP contribution in [0.5, 0.6) is 0 Å². The number of anilines is 2. The molecule has 2 N–H and O–H groups in total. The number of benzene rings is 2. The molecule has 0 bridgehead atoms. The van der Waals surface area contributed by atoms with Gasteiger partial charge in [-0.15, -0.1) is 11.3 Å². The van der Waals surface area contributed by atoms with Gasteiger partial charge in [-0.3, -0.25) is 4.79 Å².